The van der Waals surface area contributed by atoms with Crippen LogP contribution in [0.3, 0.4) is 0 Å². The third kappa shape index (κ3) is 2.07. The second-order valence-corrected chi connectivity index (χ2v) is 9.83. The van der Waals surface area contributed by atoms with Gasteiger partial charge in [0, 0.05) is 33.0 Å². The molecular formula is C28H21NO3. The summed E-state index contributed by atoms with van der Waals surface area (Å²) in [6.45, 7) is 6.68. The standard InChI is InChI=1S/C28H21NO3/c1-28(2,3)15-11-21-19-7-4-14-10-16(30)5-8-18(14)24(19)29-25(21)22(12-15)27-26(29)20-9-6-17(31)13-23(20)32-27/h4-13,30-31H,1-3H3. The summed E-state index contributed by atoms with van der Waals surface area (Å²) in [7, 11) is 0. The van der Waals surface area contributed by atoms with E-state index in [4.69, 9.17) is 4.42 Å². The molecule has 0 unspecified atom stereocenters. The first-order valence-electron chi connectivity index (χ1n) is 10.8. The van der Waals surface area contributed by atoms with Crippen LogP contribution in [0, 0.1) is 0 Å². The average Bonchev–Trinajstić information content (AvgIpc) is 3.36. The van der Waals surface area contributed by atoms with Crippen molar-refractivity contribution >= 4 is 60.0 Å². The van der Waals surface area contributed by atoms with Gasteiger partial charge >= 0.3 is 0 Å². The SMILES string of the molecule is CC(C)(C)c1cc2c3ccc4cc(O)ccc4c3n3c2c(c1)c1oc2cc(O)ccc2c13. The zero-order valence-corrected chi connectivity index (χ0v) is 18.0. The van der Waals surface area contributed by atoms with Crippen LogP contribution in [-0.2, 0) is 5.41 Å². The number of hydrogen-bond donors (Lipinski definition) is 2. The number of benzene rings is 4. The number of aromatic hydroxyl groups is 2. The predicted octanol–water partition coefficient (Wildman–Crippen LogP) is 7.44. The summed E-state index contributed by atoms with van der Waals surface area (Å²) in [5, 5.41) is 26.6. The predicted molar refractivity (Wildman–Crippen MR) is 130 cm³/mol. The lowest BCUT2D eigenvalue weighted by Crippen LogP contribution is -2.10. The van der Waals surface area contributed by atoms with Crippen LogP contribution in [0.15, 0.2) is 65.1 Å². The Labute approximate surface area is 183 Å². The molecule has 0 aliphatic rings. The van der Waals surface area contributed by atoms with Crippen molar-refractivity contribution in [1.29, 1.82) is 0 Å². The molecule has 4 aromatic carbocycles. The molecule has 0 spiro atoms. The molecule has 0 aliphatic carbocycles. The maximum Gasteiger partial charge on any atom is 0.161 e. The topological polar surface area (TPSA) is 58.0 Å². The van der Waals surface area contributed by atoms with E-state index in [1.807, 2.05) is 18.2 Å². The van der Waals surface area contributed by atoms with E-state index in [0.29, 0.717) is 5.58 Å². The highest BCUT2D eigenvalue weighted by Gasteiger charge is 2.26. The van der Waals surface area contributed by atoms with Gasteiger partial charge in [0.25, 0.3) is 0 Å². The van der Waals surface area contributed by atoms with Crippen LogP contribution in [0.4, 0.5) is 0 Å². The molecule has 7 rings (SSSR count). The average molecular weight is 419 g/mol. The maximum atomic E-state index is 10.1. The number of nitrogens with zero attached hydrogens (tertiary/aromatic N) is 1. The molecule has 2 N–H and O–H groups in total. The largest absolute Gasteiger partial charge is 0.508 e. The smallest absolute Gasteiger partial charge is 0.161 e. The van der Waals surface area contributed by atoms with Gasteiger partial charge in [0.05, 0.1) is 11.0 Å². The fourth-order valence-corrected chi connectivity index (χ4v) is 5.26. The highest BCUT2D eigenvalue weighted by Crippen LogP contribution is 2.46. The molecule has 0 bridgehead atoms. The summed E-state index contributed by atoms with van der Waals surface area (Å²) in [6, 6.07) is 19.7. The molecule has 0 fully saturated rings. The van der Waals surface area contributed by atoms with Gasteiger partial charge in [0.1, 0.15) is 22.6 Å². The maximum absolute atomic E-state index is 10.1. The van der Waals surface area contributed by atoms with Gasteiger partial charge in [-0.25, -0.2) is 0 Å². The summed E-state index contributed by atoms with van der Waals surface area (Å²) in [4.78, 5) is 0. The van der Waals surface area contributed by atoms with Gasteiger partial charge in [-0.15, -0.1) is 0 Å². The van der Waals surface area contributed by atoms with Gasteiger partial charge in [-0.3, -0.25) is 0 Å². The molecule has 0 saturated carbocycles. The Morgan fingerprint density at radius 2 is 1.31 bits per heavy atom. The number of phenols is 2. The monoisotopic (exact) mass is 419 g/mol. The summed E-state index contributed by atoms with van der Waals surface area (Å²) in [6.07, 6.45) is 0. The van der Waals surface area contributed by atoms with Crippen molar-refractivity contribution in [2.75, 3.05) is 0 Å². The van der Waals surface area contributed by atoms with Crippen LogP contribution < -0.4 is 0 Å². The Balaban J connectivity index is 1.85. The lowest BCUT2D eigenvalue weighted by molar-refractivity contribution is 0.474. The van der Waals surface area contributed by atoms with E-state index in [1.54, 1.807) is 18.2 Å². The molecule has 0 saturated heterocycles. The first kappa shape index (κ1) is 17.7. The van der Waals surface area contributed by atoms with E-state index in [-0.39, 0.29) is 16.9 Å². The van der Waals surface area contributed by atoms with Gasteiger partial charge in [0.2, 0.25) is 0 Å². The molecule has 0 radical (unpaired) electrons. The number of aromatic nitrogens is 1. The Kier molecular flexibility index (Phi) is 3.03. The Bertz CT molecular complexity index is 1880. The molecule has 32 heavy (non-hydrogen) atoms. The second kappa shape index (κ2) is 5.46. The molecule has 4 heteroatoms. The van der Waals surface area contributed by atoms with Crippen molar-refractivity contribution in [1.82, 2.24) is 4.40 Å². The summed E-state index contributed by atoms with van der Waals surface area (Å²) in [5.74, 6) is 0.451. The molecule has 4 nitrogen and oxygen atoms in total. The lowest BCUT2D eigenvalue weighted by atomic mass is 9.85. The van der Waals surface area contributed by atoms with Crippen molar-refractivity contribution in [2.45, 2.75) is 26.2 Å². The van der Waals surface area contributed by atoms with Crippen LogP contribution in [0.2, 0.25) is 0 Å². The van der Waals surface area contributed by atoms with E-state index in [0.717, 1.165) is 43.7 Å². The van der Waals surface area contributed by atoms with Crippen molar-refractivity contribution in [3.63, 3.8) is 0 Å². The molecule has 3 aromatic heterocycles. The number of furan rings is 1. The molecule has 3 heterocycles. The van der Waals surface area contributed by atoms with E-state index in [9.17, 15) is 10.2 Å². The van der Waals surface area contributed by atoms with Crippen LogP contribution >= 0.6 is 0 Å². The van der Waals surface area contributed by atoms with Crippen molar-refractivity contribution in [3.8, 4) is 11.5 Å². The van der Waals surface area contributed by atoms with Gasteiger partial charge in [-0.2, -0.15) is 0 Å². The van der Waals surface area contributed by atoms with Crippen LogP contribution in [-0.4, -0.2) is 14.6 Å². The third-order valence-electron chi connectivity index (χ3n) is 6.80. The van der Waals surface area contributed by atoms with Crippen LogP contribution in [0.25, 0.3) is 60.0 Å². The van der Waals surface area contributed by atoms with E-state index in [1.165, 1.54) is 16.3 Å². The molecule has 0 aliphatic heterocycles. The first-order chi connectivity index (χ1) is 15.3. The first-order valence-corrected chi connectivity index (χ1v) is 10.8. The van der Waals surface area contributed by atoms with Crippen LogP contribution in [0.5, 0.6) is 11.5 Å². The molecule has 0 atom stereocenters. The Morgan fingerprint density at radius 1 is 0.656 bits per heavy atom. The second-order valence-electron chi connectivity index (χ2n) is 9.83. The Hall–Kier alpha value is -3.92. The van der Waals surface area contributed by atoms with E-state index < -0.39 is 0 Å². The zero-order valence-electron chi connectivity index (χ0n) is 18.0. The minimum Gasteiger partial charge on any atom is -0.508 e. The van der Waals surface area contributed by atoms with Crippen molar-refractivity contribution in [3.05, 3.63) is 66.2 Å². The summed E-state index contributed by atoms with van der Waals surface area (Å²) >= 11 is 0. The van der Waals surface area contributed by atoms with E-state index in [2.05, 4.69) is 49.4 Å². The van der Waals surface area contributed by atoms with Gasteiger partial charge in [-0.1, -0.05) is 32.9 Å². The van der Waals surface area contributed by atoms with Crippen molar-refractivity contribution < 1.29 is 14.6 Å². The van der Waals surface area contributed by atoms with Gasteiger partial charge < -0.3 is 19.0 Å². The fourth-order valence-electron chi connectivity index (χ4n) is 5.26. The van der Waals surface area contributed by atoms with Gasteiger partial charge in [-0.05, 0) is 58.8 Å². The van der Waals surface area contributed by atoms with Gasteiger partial charge in [0.15, 0.2) is 5.58 Å². The zero-order chi connectivity index (χ0) is 21.9. The normalized spacial score (nSPS) is 13.1. The van der Waals surface area contributed by atoms with E-state index >= 15 is 0 Å². The Morgan fingerprint density at radius 3 is 2.09 bits per heavy atom. The fraction of sp³-hybridized carbons (Fsp3) is 0.143. The minimum atomic E-state index is -0.0191. The summed E-state index contributed by atoms with van der Waals surface area (Å²) in [5.41, 5.74) is 6.03. The molecule has 156 valence electrons. The number of rotatable bonds is 0. The third-order valence-corrected chi connectivity index (χ3v) is 6.80. The lowest BCUT2D eigenvalue weighted by Gasteiger charge is -2.19. The highest BCUT2D eigenvalue weighted by molar-refractivity contribution is 6.29. The highest BCUT2D eigenvalue weighted by atomic mass is 16.3. The molecule has 7 aromatic rings. The quantitative estimate of drug-likeness (QED) is 0.268. The van der Waals surface area contributed by atoms with Crippen LogP contribution in [0.1, 0.15) is 26.3 Å². The number of hydrogen-bond acceptors (Lipinski definition) is 3. The summed E-state index contributed by atoms with van der Waals surface area (Å²) < 4.78 is 8.66. The minimum absolute atomic E-state index is 0.0191. The molecular weight excluding hydrogens is 398 g/mol. The number of phenolic OH excluding ortho intramolecular Hbond substituents is 2. The van der Waals surface area contributed by atoms with Crippen molar-refractivity contribution in [2.24, 2.45) is 0 Å². The molecule has 0 amide bonds. The number of fused-ring (bicyclic) bond motifs is 10.